The predicted octanol–water partition coefficient (Wildman–Crippen LogP) is 2.32. The molecular formula is C15H13N3O7. The van der Waals surface area contributed by atoms with Crippen molar-refractivity contribution in [3.8, 4) is 5.75 Å². The number of nitrogens with one attached hydrogen (secondary N) is 1. The first-order chi connectivity index (χ1) is 11.8. The van der Waals surface area contributed by atoms with Crippen molar-refractivity contribution < 1.29 is 24.9 Å². The van der Waals surface area contributed by atoms with Crippen LogP contribution in [0.2, 0.25) is 0 Å². The number of para-hydroxylation sites is 1. The van der Waals surface area contributed by atoms with Gasteiger partial charge in [-0.2, -0.15) is 0 Å². The van der Waals surface area contributed by atoms with Crippen LogP contribution in [0.25, 0.3) is 0 Å². The first-order valence-electron chi connectivity index (χ1n) is 6.98. The molecular weight excluding hydrogens is 334 g/mol. The number of nitrogens with zero attached hydrogens (tertiary/aromatic N) is 2. The van der Waals surface area contributed by atoms with Gasteiger partial charge in [-0.25, -0.2) is 4.79 Å². The fraction of sp³-hybridized carbons (Fsp3) is 0.133. The van der Waals surface area contributed by atoms with Gasteiger partial charge in [-0.05, 0) is 23.8 Å². The van der Waals surface area contributed by atoms with E-state index in [4.69, 9.17) is 0 Å². The number of benzene rings is 2. The number of carbonyl (C=O) groups is 1. The first-order valence-corrected chi connectivity index (χ1v) is 6.98. The van der Waals surface area contributed by atoms with Crippen molar-refractivity contribution in [1.29, 1.82) is 0 Å². The van der Waals surface area contributed by atoms with Gasteiger partial charge in [-0.3, -0.25) is 20.2 Å². The summed E-state index contributed by atoms with van der Waals surface area (Å²) in [5.41, 5.74) is -1.23. The smallest absolute Gasteiger partial charge is 0.368 e. The third kappa shape index (κ3) is 4.19. The Bertz CT molecular complexity index is 820. The van der Waals surface area contributed by atoms with Crippen molar-refractivity contribution in [2.75, 3.05) is 5.32 Å². The summed E-state index contributed by atoms with van der Waals surface area (Å²) in [6.07, 6.45) is -0.0462. The quantitative estimate of drug-likeness (QED) is 0.509. The Balaban J connectivity index is 2.35. The van der Waals surface area contributed by atoms with Gasteiger partial charge in [0.2, 0.25) is 0 Å². The molecule has 1 unspecified atom stereocenters. The average molecular weight is 347 g/mol. The number of phenolic OH excluding ortho intramolecular Hbond substituents is 1. The highest BCUT2D eigenvalue weighted by atomic mass is 16.6. The molecule has 0 bridgehead atoms. The van der Waals surface area contributed by atoms with Crippen LogP contribution in [-0.4, -0.2) is 32.1 Å². The molecule has 0 aliphatic rings. The lowest BCUT2D eigenvalue weighted by molar-refractivity contribution is -0.421. The topological polar surface area (TPSA) is 156 Å². The normalized spacial score (nSPS) is 11.5. The van der Waals surface area contributed by atoms with E-state index in [-0.39, 0.29) is 17.9 Å². The van der Waals surface area contributed by atoms with E-state index < -0.39 is 33.2 Å². The maximum atomic E-state index is 11.5. The Morgan fingerprint density at radius 2 is 1.72 bits per heavy atom. The minimum Gasteiger partial charge on any atom is -0.508 e. The van der Waals surface area contributed by atoms with Crippen LogP contribution in [0.5, 0.6) is 5.75 Å². The Kier molecular flexibility index (Phi) is 5.12. The van der Waals surface area contributed by atoms with Crippen molar-refractivity contribution >= 4 is 23.0 Å². The van der Waals surface area contributed by atoms with Crippen LogP contribution in [0.15, 0.2) is 42.5 Å². The molecule has 10 nitrogen and oxygen atoms in total. The van der Waals surface area contributed by atoms with E-state index in [1.54, 1.807) is 0 Å². The molecule has 2 aromatic rings. The molecule has 1 atom stereocenters. The molecule has 0 saturated carbocycles. The van der Waals surface area contributed by atoms with Gasteiger partial charge in [-0.15, -0.1) is 0 Å². The number of aliphatic carboxylic acids is 1. The number of anilines is 1. The Hall–Kier alpha value is -3.69. The SMILES string of the molecule is O=C(O)C(Cc1ccc(O)cc1)Nc1cccc([N+](=O)[O-])c1[N+](=O)[O-]. The largest absolute Gasteiger partial charge is 0.508 e. The Morgan fingerprint density at radius 1 is 1.08 bits per heavy atom. The van der Waals surface area contributed by atoms with Crippen LogP contribution in [-0.2, 0) is 11.2 Å². The number of nitro benzene ring substituents is 2. The number of carboxylic acids is 1. The van der Waals surface area contributed by atoms with Crippen LogP contribution in [0.3, 0.4) is 0 Å². The molecule has 2 rings (SSSR count). The van der Waals surface area contributed by atoms with E-state index in [0.717, 1.165) is 6.07 Å². The average Bonchev–Trinajstić information content (AvgIpc) is 2.55. The summed E-state index contributed by atoms with van der Waals surface area (Å²) in [6, 6.07) is 7.92. The second-order valence-electron chi connectivity index (χ2n) is 5.09. The van der Waals surface area contributed by atoms with Crippen LogP contribution in [0.4, 0.5) is 17.1 Å². The molecule has 0 aliphatic heterocycles. The zero-order valence-corrected chi connectivity index (χ0v) is 12.7. The van der Waals surface area contributed by atoms with Gasteiger partial charge in [-0.1, -0.05) is 18.2 Å². The molecule has 0 aromatic heterocycles. The molecule has 0 fully saturated rings. The molecule has 3 N–H and O–H groups in total. The fourth-order valence-corrected chi connectivity index (χ4v) is 2.24. The van der Waals surface area contributed by atoms with Crippen LogP contribution >= 0.6 is 0 Å². The number of nitro groups is 2. The minimum atomic E-state index is -1.28. The van der Waals surface area contributed by atoms with Crippen LogP contribution < -0.4 is 5.32 Å². The molecule has 0 amide bonds. The standard InChI is InChI=1S/C15H13N3O7/c19-10-6-4-9(5-7-10)8-12(15(20)21)16-11-2-1-3-13(17(22)23)14(11)18(24)25/h1-7,12,16,19H,8H2,(H,20,21). The van der Waals surface area contributed by atoms with E-state index in [9.17, 15) is 35.2 Å². The van der Waals surface area contributed by atoms with E-state index in [2.05, 4.69) is 5.32 Å². The van der Waals surface area contributed by atoms with Crippen molar-refractivity contribution in [2.45, 2.75) is 12.5 Å². The maximum absolute atomic E-state index is 11.5. The highest BCUT2D eigenvalue weighted by Gasteiger charge is 2.30. The van der Waals surface area contributed by atoms with E-state index >= 15 is 0 Å². The van der Waals surface area contributed by atoms with Crippen LogP contribution in [0, 0.1) is 20.2 Å². The summed E-state index contributed by atoms with van der Waals surface area (Å²) in [6.45, 7) is 0. The van der Waals surface area contributed by atoms with Gasteiger partial charge in [0.1, 0.15) is 17.5 Å². The molecule has 25 heavy (non-hydrogen) atoms. The number of hydrogen-bond donors (Lipinski definition) is 3. The van der Waals surface area contributed by atoms with E-state index in [1.165, 1.54) is 36.4 Å². The van der Waals surface area contributed by atoms with E-state index in [1.807, 2.05) is 0 Å². The lowest BCUT2D eigenvalue weighted by atomic mass is 10.1. The fourth-order valence-electron chi connectivity index (χ4n) is 2.24. The Labute approximate surface area is 140 Å². The zero-order valence-electron chi connectivity index (χ0n) is 12.7. The summed E-state index contributed by atoms with van der Waals surface area (Å²) < 4.78 is 0. The van der Waals surface area contributed by atoms with Gasteiger partial charge >= 0.3 is 17.3 Å². The third-order valence-corrected chi connectivity index (χ3v) is 3.40. The van der Waals surface area contributed by atoms with Gasteiger partial charge in [0.15, 0.2) is 0 Å². The summed E-state index contributed by atoms with van der Waals surface area (Å²) in [7, 11) is 0. The van der Waals surface area contributed by atoms with Crippen molar-refractivity contribution in [3.05, 3.63) is 68.3 Å². The number of phenols is 1. The molecule has 0 spiro atoms. The monoisotopic (exact) mass is 347 g/mol. The summed E-state index contributed by atoms with van der Waals surface area (Å²) in [5, 5.41) is 43.2. The highest BCUT2D eigenvalue weighted by molar-refractivity contribution is 5.81. The van der Waals surface area contributed by atoms with Gasteiger partial charge in [0, 0.05) is 12.5 Å². The number of hydrogen-bond acceptors (Lipinski definition) is 7. The van der Waals surface area contributed by atoms with Gasteiger partial charge in [0.25, 0.3) is 0 Å². The van der Waals surface area contributed by atoms with Gasteiger partial charge < -0.3 is 15.5 Å². The summed E-state index contributed by atoms with van der Waals surface area (Å²) >= 11 is 0. The van der Waals surface area contributed by atoms with Crippen molar-refractivity contribution in [1.82, 2.24) is 0 Å². The molecule has 10 heteroatoms. The molecule has 130 valence electrons. The summed E-state index contributed by atoms with van der Waals surface area (Å²) in [5.74, 6) is -1.27. The zero-order chi connectivity index (χ0) is 18.6. The number of aromatic hydroxyl groups is 1. The molecule has 0 aliphatic carbocycles. The number of carboxylic acid groups (broad SMARTS) is 1. The number of rotatable bonds is 7. The lowest BCUT2D eigenvalue weighted by Gasteiger charge is -2.16. The summed E-state index contributed by atoms with van der Waals surface area (Å²) in [4.78, 5) is 31.8. The highest BCUT2D eigenvalue weighted by Crippen LogP contribution is 2.34. The molecule has 0 heterocycles. The predicted molar refractivity (Wildman–Crippen MR) is 86.6 cm³/mol. The first kappa shape index (κ1) is 17.7. The minimum absolute atomic E-state index is 0.0120. The second kappa shape index (κ2) is 7.25. The molecule has 2 aromatic carbocycles. The Morgan fingerprint density at radius 3 is 2.24 bits per heavy atom. The van der Waals surface area contributed by atoms with Crippen LogP contribution in [0.1, 0.15) is 5.56 Å². The molecule has 0 saturated heterocycles. The lowest BCUT2D eigenvalue weighted by Crippen LogP contribution is -2.31. The van der Waals surface area contributed by atoms with E-state index in [0.29, 0.717) is 5.56 Å². The van der Waals surface area contributed by atoms with Gasteiger partial charge in [0.05, 0.1) is 9.85 Å². The molecule has 0 radical (unpaired) electrons. The third-order valence-electron chi connectivity index (χ3n) is 3.40. The maximum Gasteiger partial charge on any atom is 0.368 e. The van der Waals surface area contributed by atoms with Crippen molar-refractivity contribution in [2.24, 2.45) is 0 Å². The second-order valence-corrected chi connectivity index (χ2v) is 5.09. The van der Waals surface area contributed by atoms with Crippen molar-refractivity contribution in [3.63, 3.8) is 0 Å².